The summed E-state index contributed by atoms with van der Waals surface area (Å²) in [6.07, 6.45) is 1.38. The van der Waals surface area contributed by atoms with E-state index < -0.39 is 0 Å². The van der Waals surface area contributed by atoms with Gasteiger partial charge < -0.3 is 9.80 Å². The van der Waals surface area contributed by atoms with Crippen molar-refractivity contribution in [3.8, 4) is 0 Å². The minimum atomic E-state index is -0.0360. The van der Waals surface area contributed by atoms with Crippen molar-refractivity contribution in [3.05, 3.63) is 22.4 Å². The van der Waals surface area contributed by atoms with E-state index in [9.17, 15) is 9.59 Å². The molecule has 2 aliphatic heterocycles. The molecule has 1 unspecified atom stereocenters. The zero-order valence-electron chi connectivity index (χ0n) is 12.5. The Morgan fingerprint density at radius 3 is 2.64 bits per heavy atom. The number of nitrogens with one attached hydrogen (secondary N) is 1. The van der Waals surface area contributed by atoms with E-state index in [-0.39, 0.29) is 17.9 Å². The van der Waals surface area contributed by atoms with Crippen LogP contribution in [0.15, 0.2) is 17.5 Å². The normalized spacial score (nSPS) is 22.1. The Hall–Kier alpha value is -1.05. The lowest BCUT2D eigenvalue weighted by Crippen LogP contribution is -2.54. The fourth-order valence-corrected chi connectivity index (χ4v) is 4.44. The molecule has 0 aromatic carbocycles. The van der Waals surface area contributed by atoms with Gasteiger partial charge in [-0.25, -0.2) is 0 Å². The molecule has 3 heterocycles. The summed E-state index contributed by atoms with van der Waals surface area (Å²) in [4.78, 5) is 29.6. The van der Waals surface area contributed by atoms with Crippen LogP contribution in [0.3, 0.4) is 0 Å². The Morgan fingerprint density at radius 1 is 1.23 bits per heavy atom. The summed E-state index contributed by atoms with van der Waals surface area (Å²) in [5.41, 5.74) is 0. The largest absolute Gasteiger partial charge is 0.339 e. The van der Waals surface area contributed by atoms with Crippen molar-refractivity contribution in [1.82, 2.24) is 15.1 Å². The maximum Gasteiger partial charge on any atom is 0.240 e. The topological polar surface area (TPSA) is 52.7 Å². The lowest BCUT2D eigenvalue weighted by atomic mass is 10.2. The molecule has 7 heteroatoms. The summed E-state index contributed by atoms with van der Waals surface area (Å²) in [6, 6.07) is 4.05. The number of rotatable bonds is 4. The Balaban J connectivity index is 1.42. The van der Waals surface area contributed by atoms with Gasteiger partial charge in [0, 0.05) is 49.1 Å². The molecule has 0 bridgehead atoms. The van der Waals surface area contributed by atoms with Crippen LogP contribution in [0.5, 0.6) is 0 Å². The Morgan fingerprint density at radius 2 is 2.00 bits per heavy atom. The van der Waals surface area contributed by atoms with Crippen LogP contribution in [-0.4, -0.2) is 65.5 Å². The second-order valence-electron chi connectivity index (χ2n) is 5.56. The molecule has 0 aliphatic carbocycles. The van der Waals surface area contributed by atoms with Gasteiger partial charge in [-0.2, -0.15) is 0 Å². The zero-order chi connectivity index (χ0) is 15.4. The average Bonchev–Trinajstić information content (AvgIpc) is 3.25. The number of amides is 2. The number of carbonyl (C=O) groups excluding carboxylic acids is 2. The van der Waals surface area contributed by atoms with Crippen molar-refractivity contribution in [2.75, 3.05) is 37.8 Å². The van der Waals surface area contributed by atoms with Gasteiger partial charge in [0.05, 0.1) is 6.04 Å². The SMILES string of the molecule is O=C(CCc1cccs1)N1CCN(C(=O)C2CSCN2)CC1. The lowest BCUT2D eigenvalue weighted by molar-refractivity contribution is -0.140. The van der Waals surface area contributed by atoms with Crippen molar-refractivity contribution in [1.29, 1.82) is 0 Å². The molecular formula is C15H21N3O2S2. The van der Waals surface area contributed by atoms with E-state index in [4.69, 9.17) is 0 Å². The second kappa shape index (κ2) is 7.48. The highest BCUT2D eigenvalue weighted by Gasteiger charge is 2.30. The third-order valence-electron chi connectivity index (χ3n) is 4.12. The average molecular weight is 339 g/mol. The number of thiophene rings is 1. The van der Waals surface area contributed by atoms with E-state index in [1.165, 1.54) is 4.88 Å². The van der Waals surface area contributed by atoms with Crippen LogP contribution in [0, 0.1) is 0 Å². The summed E-state index contributed by atoms with van der Waals surface area (Å²) in [5, 5.41) is 5.26. The molecule has 5 nitrogen and oxygen atoms in total. The number of carbonyl (C=O) groups is 2. The predicted molar refractivity (Wildman–Crippen MR) is 90.0 cm³/mol. The standard InChI is InChI=1S/C15H21N3O2S2/c19-14(4-3-12-2-1-9-22-12)17-5-7-18(8-6-17)15(20)13-10-21-11-16-13/h1-2,9,13,16H,3-8,10-11H2. The third kappa shape index (κ3) is 3.83. The molecule has 1 N–H and O–H groups in total. The first-order valence-electron chi connectivity index (χ1n) is 7.64. The molecule has 120 valence electrons. The van der Waals surface area contributed by atoms with E-state index in [0.29, 0.717) is 32.6 Å². The maximum atomic E-state index is 12.3. The van der Waals surface area contributed by atoms with Gasteiger partial charge in [0.25, 0.3) is 0 Å². The number of aryl methyl sites for hydroxylation is 1. The molecule has 2 aliphatic rings. The van der Waals surface area contributed by atoms with Crippen LogP contribution in [-0.2, 0) is 16.0 Å². The second-order valence-corrected chi connectivity index (χ2v) is 7.62. The molecule has 1 aromatic heterocycles. The van der Waals surface area contributed by atoms with E-state index in [1.54, 1.807) is 23.1 Å². The molecule has 1 aromatic rings. The van der Waals surface area contributed by atoms with Gasteiger partial charge in [0.1, 0.15) is 0 Å². The highest BCUT2D eigenvalue weighted by molar-refractivity contribution is 7.99. The molecule has 22 heavy (non-hydrogen) atoms. The highest BCUT2D eigenvalue weighted by Crippen LogP contribution is 2.15. The van der Waals surface area contributed by atoms with Crippen LogP contribution in [0.4, 0.5) is 0 Å². The van der Waals surface area contributed by atoms with E-state index in [1.807, 2.05) is 21.2 Å². The summed E-state index contributed by atoms with van der Waals surface area (Å²) >= 11 is 3.46. The first kappa shape index (κ1) is 15.8. The van der Waals surface area contributed by atoms with Crippen LogP contribution in [0.1, 0.15) is 11.3 Å². The number of thioether (sulfide) groups is 1. The van der Waals surface area contributed by atoms with Gasteiger partial charge in [0.2, 0.25) is 11.8 Å². The first-order chi connectivity index (χ1) is 10.7. The smallest absolute Gasteiger partial charge is 0.240 e. The quantitative estimate of drug-likeness (QED) is 0.890. The van der Waals surface area contributed by atoms with E-state index in [0.717, 1.165) is 18.1 Å². The lowest BCUT2D eigenvalue weighted by Gasteiger charge is -2.36. The van der Waals surface area contributed by atoms with Gasteiger partial charge in [-0.15, -0.1) is 23.1 Å². The van der Waals surface area contributed by atoms with E-state index in [2.05, 4.69) is 11.4 Å². The summed E-state index contributed by atoms with van der Waals surface area (Å²) in [5.74, 6) is 2.11. The molecule has 3 rings (SSSR count). The van der Waals surface area contributed by atoms with Crippen molar-refractivity contribution >= 4 is 34.9 Å². The molecule has 2 saturated heterocycles. The molecule has 0 spiro atoms. The minimum Gasteiger partial charge on any atom is -0.339 e. The zero-order valence-corrected chi connectivity index (χ0v) is 14.1. The van der Waals surface area contributed by atoms with Gasteiger partial charge in [0.15, 0.2) is 0 Å². The van der Waals surface area contributed by atoms with Crippen LogP contribution in [0.25, 0.3) is 0 Å². The summed E-state index contributed by atoms with van der Waals surface area (Å²) < 4.78 is 0. The number of piperazine rings is 1. The van der Waals surface area contributed by atoms with Crippen LogP contribution < -0.4 is 5.32 Å². The van der Waals surface area contributed by atoms with Crippen LogP contribution >= 0.6 is 23.1 Å². The molecule has 2 fully saturated rings. The van der Waals surface area contributed by atoms with Gasteiger partial charge in [-0.05, 0) is 17.9 Å². The van der Waals surface area contributed by atoms with Gasteiger partial charge in [-0.3, -0.25) is 14.9 Å². The Bertz CT molecular complexity index is 507. The Labute approximate surface area is 139 Å². The van der Waals surface area contributed by atoms with Crippen molar-refractivity contribution < 1.29 is 9.59 Å². The van der Waals surface area contributed by atoms with Gasteiger partial charge >= 0.3 is 0 Å². The van der Waals surface area contributed by atoms with Crippen LogP contribution in [0.2, 0.25) is 0 Å². The minimum absolute atomic E-state index is 0.0360. The molecule has 0 radical (unpaired) electrons. The third-order valence-corrected chi connectivity index (χ3v) is 6.00. The van der Waals surface area contributed by atoms with Crippen molar-refractivity contribution in [2.45, 2.75) is 18.9 Å². The fraction of sp³-hybridized carbons (Fsp3) is 0.600. The summed E-state index contributed by atoms with van der Waals surface area (Å²) in [7, 11) is 0. The highest BCUT2D eigenvalue weighted by atomic mass is 32.2. The maximum absolute atomic E-state index is 12.3. The predicted octanol–water partition coefficient (Wildman–Crippen LogP) is 1.01. The number of nitrogens with zero attached hydrogens (tertiary/aromatic N) is 2. The molecule has 0 saturated carbocycles. The van der Waals surface area contributed by atoms with Crippen molar-refractivity contribution in [2.24, 2.45) is 0 Å². The fourth-order valence-electron chi connectivity index (χ4n) is 2.79. The molecular weight excluding hydrogens is 318 g/mol. The number of hydrogen-bond acceptors (Lipinski definition) is 5. The molecule has 1 atom stereocenters. The van der Waals surface area contributed by atoms with E-state index >= 15 is 0 Å². The first-order valence-corrected chi connectivity index (χ1v) is 9.67. The summed E-state index contributed by atoms with van der Waals surface area (Å²) in [6.45, 7) is 2.64. The number of hydrogen-bond donors (Lipinski definition) is 1. The van der Waals surface area contributed by atoms with Crippen molar-refractivity contribution in [3.63, 3.8) is 0 Å². The van der Waals surface area contributed by atoms with Gasteiger partial charge in [-0.1, -0.05) is 6.07 Å². The monoisotopic (exact) mass is 339 g/mol. The Kier molecular flexibility index (Phi) is 5.38. The molecule has 2 amide bonds.